The van der Waals surface area contributed by atoms with Gasteiger partial charge in [0.15, 0.2) is 0 Å². The van der Waals surface area contributed by atoms with Crippen LogP contribution in [0, 0.1) is 6.07 Å². The van der Waals surface area contributed by atoms with Crippen molar-refractivity contribution in [1.29, 1.82) is 0 Å². The quantitative estimate of drug-likeness (QED) is 0.399. The van der Waals surface area contributed by atoms with Gasteiger partial charge in [0.05, 0.1) is 0 Å². The molecule has 0 heterocycles. The van der Waals surface area contributed by atoms with Gasteiger partial charge in [-0.25, -0.2) is 0 Å². The average molecular weight is 283 g/mol. The molecule has 4 heteroatoms. The SMILES string of the molecule is CCOC(OCC)c1c[c-]ccc1.[Br-].[Mg+2]. The summed E-state index contributed by atoms with van der Waals surface area (Å²) in [5, 5.41) is 0. The van der Waals surface area contributed by atoms with Crippen LogP contribution in [0.4, 0.5) is 0 Å². The summed E-state index contributed by atoms with van der Waals surface area (Å²) in [5.74, 6) is 0. The van der Waals surface area contributed by atoms with Crippen LogP contribution in [-0.4, -0.2) is 36.3 Å². The van der Waals surface area contributed by atoms with Crippen molar-refractivity contribution in [3.63, 3.8) is 0 Å². The predicted octanol–water partition coefficient (Wildman–Crippen LogP) is -0.818. The van der Waals surface area contributed by atoms with Gasteiger partial charge in [0.2, 0.25) is 0 Å². The molecule has 1 aromatic carbocycles. The van der Waals surface area contributed by atoms with Gasteiger partial charge in [0.25, 0.3) is 0 Å². The molecule has 80 valence electrons. The van der Waals surface area contributed by atoms with Crippen molar-refractivity contribution in [2.75, 3.05) is 13.2 Å². The van der Waals surface area contributed by atoms with E-state index in [1.165, 1.54) is 0 Å². The number of halogens is 1. The van der Waals surface area contributed by atoms with Crippen LogP contribution >= 0.6 is 0 Å². The maximum atomic E-state index is 5.43. The molecular formula is C11H15BrMgO2. The normalized spacial score (nSPS) is 9.27. The van der Waals surface area contributed by atoms with Gasteiger partial charge in [0, 0.05) is 13.2 Å². The van der Waals surface area contributed by atoms with Crippen LogP contribution in [0.25, 0.3) is 0 Å². The Morgan fingerprint density at radius 2 is 1.87 bits per heavy atom. The zero-order valence-electron chi connectivity index (χ0n) is 9.20. The van der Waals surface area contributed by atoms with Crippen LogP contribution in [0.5, 0.6) is 0 Å². The first-order valence-electron chi connectivity index (χ1n) is 4.57. The summed E-state index contributed by atoms with van der Waals surface area (Å²) in [4.78, 5) is 0. The molecule has 0 radical (unpaired) electrons. The van der Waals surface area contributed by atoms with E-state index < -0.39 is 0 Å². The van der Waals surface area contributed by atoms with Crippen LogP contribution in [0.1, 0.15) is 25.7 Å². The first-order chi connectivity index (χ1) is 6.38. The molecule has 1 rings (SSSR count). The summed E-state index contributed by atoms with van der Waals surface area (Å²) in [6.45, 7) is 5.22. The van der Waals surface area contributed by atoms with Crippen LogP contribution < -0.4 is 17.0 Å². The molecule has 0 aliphatic carbocycles. The fraction of sp³-hybridized carbons (Fsp3) is 0.455. The van der Waals surface area contributed by atoms with Crippen LogP contribution in [0.3, 0.4) is 0 Å². The summed E-state index contributed by atoms with van der Waals surface area (Å²) in [6.07, 6.45) is -0.243. The Labute approximate surface area is 118 Å². The molecule has 15 heavy (non-hydrogen) atoms. The maximum Gasteiger partial charge on any atom is 2.00 e. The number of ether oxygens (including phenoxy) is 2. The molecule has 0 aliphatic rings. The van der Waals surface area contributed by atoms with Gasteiger partial charge in [0.1, 0.15) is 6.29 Å². The molecule has 0 atom stereocenters. The number of rotatable bonds is 5. The molecule has 2 nitrogen and oxygen atoms in total. The molecule has 0 aromatic heterocycles. The summed E-state index contributed by atoms with van der Waals surface area (Å²) in [7, 11) is 0. The van der Waals surface area contributed by atoms with E-state index in [4.69, 9.17) is 9.47 Å². The molecule has 0 aliphatic heterocycles. The number of hydrogen-bond donors (Lipinski definition) is 0. The predicted molar refractivity (Wildman–Crippen MR) is 57.0 cm³/mol. The zero-order valence-corrected chi connectivity index (χ0v) is 12.2. The Hall–Kier alpha value is 0.386. The van der Waals surface area contributed by atoms with Gasteiger partial charge in [-0.05, 0) is 13.8 Å². The fourth-order valence-corrected chi connectivity index (χ4v) is 1.10. The zero-order chi connectivity index (χ0) is 9.52. The van der Waals surface area contributed by atoms with Crippen LogP contribution in [0.15, 0.2) is 24.3 Å². The molecule has 0 saturated heterocycles. The Bertz CT molecular complexity index is 225. The summed E-state index contributed by atoms with van der Waals surface area (Å²) >= 11 is 0. The molecular weight excluding hydrogens is 268 g/mol. The molecule has 1 aromatic rings. The summed E-state index contributed by atoms with van der Waals surface area (Å²) in [5.41, 5.74) is 1.02. The first kappa shape index (κ1) is 17.8. The van der Waals surface area contributed by atoms with Gasteiger partial charge < -0.3 is 26.5 Å². The molecule has 0 fully saturated rings. The van der Waals surface area contributed by atoms with E-state index in [1.807, 2.05) is 38.1 Å². The Morgan fingerprint density at radius 1 is 1.27 bits per heavy atom. The van der Waals surface area contributed by atoms with Crippen molar-refractivity contribution in [2.45, 2.75) is 20.1 Å². The average Bonchev–Trinajstić information content (AvgIpc) is 2.19. The molecule has 0 saturated carbocycles. The van der Waals surface area contributed by atoms with E-state index in [0.29, 0.717) is 13.2 Å². The molecule has 0 unspecified atom stereocenters. The fourth-order valence-electron chi connectivity index (χ4n) is 1.10. The minimum Gasteiger partial charge on any atom is -1.00 e. The van der Waals surface area contributed by atoms with Crippen molar-refractivity contribution in [1.82, 2.24) is 0 Å². The van der Waals surface area contributed by atoms with Gasteiger partial charge >= 0.3 is 23.1 Å². The van der Waals surface area contributed by atoms with E-state index >= 15 is 0 Å². The van der Waals surface area contributed by atoms with Crippen molar-refractivity contribution in [3.05, 3.63) is 35.9 Å². The van der Waals surface area contributed by atoms with Crippen molar-refractivity contribution >= 4 is 23.1 Å². The third kappa shape index (κ3) is 6.53. The van der Waals surface area contributed by atoms with E-state index in [1.54, 1.807) is 0 Å². The third-order valence-corrected chi connectivity index (χ3v) is 1.64. The molecule has 0 bridgehead atoms. The molecule has 0 spiro atoms. The maximum absolute atomic E-state index is 5.43. The van der Waals surface area contributed by atoms with Crippen LogP contribution in [-0.2, 0) is 9.47 Å². The Morgan fingerprint density at radius 3 is 2.27 bits per heavy atom. The Kier molecular flexibility index (Phi) is 12.9. The van der Waals surface area contributed by atoms with E-state index in [2.05, 4.69) is 6.07 Å². The topological polar surface area (TPSA) is 18.5 Å². The molecule has 0 N–H and O–H groups in total. The minimum atomic E-state index is -0.243. The van der Waals surface area contributed by atoms with E-state index in [0.717, 1.165) is 5.56 Å². The van der Waals surface area contributed by atoms with Crippen molar-refractivity contribution in [2.24, 2.45) is 0 Å². The summed E-state index contributed by atoms with van der Waals surface area (Å²) < 4.78 is 10.9. The van der Waals surface area contributed by atoms with Crippen molar-refractivity contribution in [3.8, 4) is 0 Å². The monoisotopic (exact) mass is 282 g/mol. The van der Waals surface area contributed by atoms with Gasteiger partial charge in [-0.1, -0.05) is 0 Å². The van der Waals surface area contributed by atoms with E-state index in [-0.39, 0.29) is 46.3 Å². The first-order valence-corrected chi connectivity index (χ1v) is 4.57. The second-order valence-corrected chi connectivity index (χ2v) is 2.58. The van der Waals surface area contributed by atoms with Gasteiger partial charge in [-0.2, -0.15) is 30.3 Å². The van der Waals surface area contributed by atoms with Crippen LogP contribution in [0.2, 0.25) is 0 Å². The second kappa shape index (κ2) is 10.9. The summed E-state index contributed by atoms with van der Waals surface area (Å²) in [6, 6.07) is 10.7. The Balaban J connectivity index is 0. The number of hydrogen-bond acceptors (Lipinski definition) is 2. The number of benzene rings is 1. The second-order valence-electron chi connectivity index (χ2n) is 2.58. The largest absolute Gasteiger partial charge is 2.00 e. The van der Waals surface area contributed by atoms with E-state index in [9.17, 15) is 0 Å². The standard InChI is InChI=1S/C11H15O2.BrH.Mg/c1-3-12-11(13-4-2)10-8-6-5-7-9-10;;/h5-6,8-9,11H,3-4H2,1-2H3;1H;/q-1;;+2/p-1. The minimum absolute atomic E-state index is 0. The molecule has 0 amide bonds. The van der Waals surface area contributed by atoms with Crippen molar-refractivity contribution < 1.29 is 26.5 Å². The smallest absolute Gasteiger partial charge is 1.00 e. The van der Waals surface area contributed by atoms with Gasteiger partial charge in [-0.15, -0.1) is 5.56 Å². The third-order valence-electron chi connectivity index (χ3n) is 1.64. The van der Waals surface area contributed by atoms with Gasteiger partial charge in [-0.3, -0.25) is 0 Å².